The van der Waals surface area contributed by atoms with Gasteiger partial charge in [-0.05, 0) is 44.8 Å². The van der Waals surface area contributed by atoms with E-state index in [1.54, 1.807) is 6.92 Å². The molecule has 0 aliphatic rings. The van der Waals surface area contributed by atoms with E-state index in [-0.39, 0.29) is 12.4 Å². The summed E-state index contributed by atoms with van der Waals surface area (Å²) in [6.45, 7) is 2.05. The number of likely N-dealkylation sites (N-methyl/N-ethyl adjacent to an activating group) is 1. The topological polar surface area (TPSA) is 60.9 Å². The summed E-state index contributed by atoms with van der Waals surface area (Å²) in [4.78, 5) is 26.2. The van der Waals surface area contributed by atoms with Crippen LogP contribution < -0.4 is 0 Å². The Hall–Kier alpha value is -1.95. The number of carboxylic acids is 1. The molecule has 0 radical (unpaired) electrons. The normalized spacial score (nSPS) is 10.7. The Balaban J connectivity index is 2.90. The first-order valence-electron chi connectivity index (χ1n) is 6.23. The van der Waals surface area contributed by atoms with Gasteiger partial charge in [-0.1, -0.05) is 0 Å². The van der Waals surface area contributed by atoms with Crippen LogP contribution in [0.15, 0.2) is 18.2 Å². The second-order valence-electron chi connectivity index (χ2n) is 4.89. The van der Waals surface area contributed by atoms with Crippen molar-refractivity contribution in [3.8, 4) is 0 Å². The fraction of sp³-hybridized carbons (Fsp3) is 0.429. The number of carbonyl (C=O) groups excluding carboxylic acids is 1. The van der Waals surface area contributed by atoms with Crippen LogP contribution in [-0.4, -0.2) is 60.5 Å². The van der Waals surface area contributed by atoms with Gasteiger partial charge in [0.2, 0.25) is 0 Å². The van der Waals surface area contributed by atoms with Gasteiger partial charge in [0, 0.05) is 18.7 Å². The Morgan fingerprint density at radius 2 is 1.90 bits per heavy atom. The molecule has 0 aromatic heterocycles. The van der Waals surface area contributed by atoms with Crippen LogP contribution in [0.5, 0.6) is 0 Å². The lowest BCUT2D eigenvalue weighted by Gasteiger charge is -2.23. The molecular formula is C14H19FN2O3. The van der Waals surface area contributed by atoms with Gasteiger partial charge in [-0.15, -0.1) is 0 Å². The van der Waals surface area contributed by atoms with E-state index in [0.29, 0.717) is 24.2 Å². The maximum atomic E-state index is 13.2. The minimum Gasteiger partial charge on any atom is -0.480 e. The van der Waals surface area contributed by atoms with Crippen LogP contribution in [0.25, 0.3) is 0 Å². The van der Waals surface area contributed by atoms with Gasteiger partial charge in [0.25, 0.3) is 5.91 Å². The highest BCUT2D eigenvalue weighted by Gasteiger charge is 2.19. The first kappa shape index (κ1) is 16.1. The van der Waals surface area contributed by atoms with Gasteiger partial charge >= 0.3 is 5.97 Å². The Labute approximate surface area is 117 Å². The van der Waals surface area contributed by atoms with Gasteiger partial charge in [-0.25, -0.2) is 4.39 Å². The molecule has 0 aliphatic carbocycles. The summed E-state index contributed by atoms with van der Waals surface area (Å²) in [6.07, 6.45) is 0. The minimum absolute atomic E-state index is 0.295. The number of nitrogens with zero attached hydrogens (tertiary/aromatic N) is 2. The fourth-order valence-corrected chi connectivity index (χ4v) is 1.70. The summed E-state index contributed by atoms with van der Waals surface area (Å²) in [5.41, 5.74) is 0.655. The predicted molar refractivity (Wildman–Crippen MR) is 73.2 cm³/mol. The van der Waals surface area contributed by atoms with E-state index in [0.717, 1.165) is 0 Å². The number of carboxylic acid groups (broad SMARTS) is 1. The van der Waals surface area contributed by atoms with Crippen molar-refractivity contribution in [2.24, 2.45) is 0 Å². The third-order valence-corrected chi connectivity index (χ3v) is 2.84. The van der Waals surface area contributed by atoms with Crippen molar-refractivity contribution < 1.29 is 19.1 Å². The second kappa shape index (κ2) is 7.00. The van der Waals surface area contributed by atoms with E-state index in [1.807, 2.05) is 19.0 Å². The molecule has 1 amide bonds. The molecular weight excluding hydrogens is 263 g/mol. The molecule has 1 rings (SSSR count). The lowest BCUT2D eigenvalue weighted by molar-refractivity contribution is -0.137. The molecule has 1 N–H and O–H groups in total. The van der Waals surface area contributed by atoms with Crippen LogP contribution in [0.1, 0.15) is 15.9 Å². The monoisotopic (exact) mass is 282 g/mol. The van der Waals surface area contributed by atoms with E-state index in [4.69, 9.17) is 5.11 Å². The zero-order chi connectivity index (χ0) is 15.3. The van der Waals surface area contributed by atoms with Crippen molar-refractivity contribution in [2.75, 3.05) is 33.7 Å². The van der Waals surface area contributed by atoms with Gasteiger partial charge < -0.3 is 14.9 Å². The molecule has 5 nitrogen and oxygen atoms in total. The Kier molecular flexibility index (Phi) is 5.64. The number of benzene rings is 1. The maximum absolute atomic E-state index is 13.2. The second-order valence-corrected chi connectivity index (χ2v) is 4.89. The molecule has 6 heteroatoms. The highest BCUT2D eigenvalue weighted by atomic mass is 19.1. The molecule has 1 aromatic rings. The predicted octanol–water partition coefficient (Wildman–Crippen LogP) is 1.22. The van der Waals surface area contributed by atoms with E-state index in [9.17, 15) is 14.0 Å². The summed E-state index contributed by atoms with van der Waals surface area (Å²) < 4.78 is 13.2. The molecule has 0 heterocycles. The van der Waals surface area contributed by atoms with Crippen LogP contribution in [0.4, 0.5) is 4.39 Å². The molecule has 1 aromatic carbocycles. The molecule has 0 spiro atoms. The van der Waals surface area contributed by atoms with E-state index < -0.39 is 11.9 Å². The maximum Gasteiger partial charge on any atom is 0.323 e. The average Bonchev–Trinajstić information content (AvgIpc) is 2.36. The van der Waals surface area contributed by atoms with Crippen LogP contribution in [0.3, 0.4) is 0 Å². The third kappa shape index (κ3) is 4.62. The molecule has 0 saturated carbocycles. The summed E-state index contributed by atoms with van der Waals surface area (Å²) in [7, 11) is 3.68. The van der Waals surface area contributed by atoms with Crippen molar-refractivity contribution in [1.29, 1.82) is 0 Å². The highest BCUT2D eigenvalue weighted by Crippen LogP contribution is 2.11. The van der Waals surface area contributed by atoms with Crippen molar-refractivity contribution in [2.45, 2.75) is 6.92 Å². The van der Waals surface area contributed by atoms with Crippen molar-refractivity contribution in [3.63, 3.8) is 0 Å². The van der Waals surface area contributed by atoms with Crippen LogP contribution >= 0.6 is 0 Å². The molecule has 0 bridgehead atoms. The van der Waals surface area contributed by atoms with Gasteiger partial charge in [0.15, 0.2) is 0 Å². The van der Waals surface area contributed by atoms with E-state index in [2.05, 4.69) is 0 Å². The molecule has 0 saturated heterocycles. The molecule has 0 atom stereocenters. The van der Waals surface area contributed by atoms with Crippen LogP contribution in [-0.2, 0) is 4.79 Å². The molecule has 110 valence electrons. The Bertz CT molecular complexity index is 503. The standard InChI is InChI=1S/C14H19FN2O3/c1-10-8-11(4-5-12(10)15)14(20)17(9-13(18)19)7-6-16(2)3/h4-5,8H,6-7,9H2,1-3H3,(H,18,19). The number of halogens is 1. The average molecular weight is 282 g/mol. The third-order valence-electron chi connectivity index (χ3n) is 2.84. The van der Waals surface area contributed by atoms with E-state index in [1.165, 1.54) is 23.1 Å². The summed E-state index contributed by atoms with van der Waals surface area (Å²) in [5.74, 6) is -1.87. The largest absolute Gasteiger partial charge is 0.480 e. The minimum atomic E-state index is -1.07. The first-order valence-corrected chi connectivity index (χ1v) is 6.23. The SMILES string of the molecule is Cc1cc(C(=O)N(CCN(C)C)CC(=O)O)ccc1F. The van der Waals surface area contributed by atoms with Crippen molar-refractivity contribution in [3.05, 3.63) is 35.1 Å². The zero-order valence-corrected chi connectivity index (χ0v) is 11.9. The fourth-order valence-electron chi connectivity index (χ4n) is 1.70. The van der Waals surface area contributed by atoms with Crippen LogP contribution in [0.2, 0.25) is 0 Å². The summed E-state index contributed by atoms with van der Waals surface area (Å²) in [5, 5.41) is 8.88. The number of carbonyl (C=O) groups is 2. The number of rotatable bonds is 6. The number of hydrogen-bond acceptors (Lipinski definition) is 3. The smallest absolute Gasteiger partial charge is 0.323 e. The van der Waals surface area contributed by atoms with Crippen molar-refractivity contribution in [1.82, 2.24) is 9.80 Å². The van der Waals surface area contributed by atoms with Gasteiger partial charge in [0.05, 0.1) is 0 Å². The number of aryl methyl sites for hydroxylation is 1. The van der Waals surface area contributed by atoms with Gasteiger partial charge in [-0.3, -0.25) is 9.59 Å². The Morgan fingerprint density at radius 1 is 1.25 bits per heavy atom. The quantitative estimate of drug-likeness (QED) is 0.852. The summed E-state index contributed by atoms with van der Waals surface area (Å²) >= 11 is 0. The van der Waals surface area contributed by atoms with Crippen LogP contribution in [0, 0.1) is 12.7 Å². The molecule has 0 unspecified atom stereocenters. The number of hydrogen-bond donors (Lipinski definition) is 1. The van der Waals surface area contributed by atoms with Crippen molar-refractivity contribution >= 4 is 11.9 Å². The number of amides is 1. The molecule has 0 fully saturated rings. The molecule has 20 heavy (non-hydrogen) atoms. The lowest BCUT2D eigenvalue weighted by atomic mass is 10.1. The number of aliphatic carboxylic acids is 1. The van der Waals surface area contributed by atoms with Gasteiger partial charge in [0.1, 0.15) is 12.4 Å². The zero-order valence-electron chi connectivity index (χ0n) is 11.9. The first-order chi connectivity index (χ1) is 9.31. The van der Waals surface area contributed by atoms with Gasteiger partial charge in [-0.2, -0.15) is 0 Å². The highest BCUT2D eigenvalue weighted by molar-refractivity contribution is 5.96. The molecule has 0 aliphatic heterocycles. The van der Waals surface area contributed by atoms with E-state index >= 15 is 0 Å². The summed E-state index contributed by atoms with van der Waals surface area (Å²) in [6, 6.07) is 4.02. The lowest BCUT2D eigenvalue weighted by Crippen LogP contribution is -2.40. The Morgan fingerprint density at radius 3 is 2.40 bits per heavy atom.